The highest BCUT2D eigenvalue weighted by Gasteiger charge is 2.07. The van der Waals surface area contributed by atoms with Gasteiger partial charge >= 0.3 is 0 Å². The average molecular weight is 261 g/mol. The Morgan fingerprint density at radius 3 is 2.42 bits per heavy atom. The molecule has 0 fully saturated rings. The van der Waals surface area contributed by atoms with Crippen molar-refractivity contribution in [3.05, 3.63) is 53.6 Å². The summed E-state index contributed by atoms with van der Waals surface area (Å²) in [6, 6.07) is 9.15. The van der Waals surface area contributed by atoms with Crippen LogP contribution < -0.4 is 5.32 Å². The number of halogens is 1. The maximum atomic E-state index is 12.8. The van der Waals surface area contributed by atoms with Gasteiger partial charge in [-0.3, -0.25) is 4.68 Å². The average Bonchev–Trinajstić information content (AvgIpc) is 2.86. The molecule has 1 N–H and O–H groups in total. The van der Waals surface area contributed by atoms with Crippen LogP contribution in [0.5, 0.6) is 0 Å². The van der Waals surface area contributed by atoms with Gasteiger partial charge in [-0.1, -0.05) is 12.1 Å². The molecule has 3 nitrogen and oxygen atoms in total. The Morgan fingerprint density at radius 1 is 1.16 bits per heavy atom. The van der Waals surface area contributed by atoms with Crippen molar-refractivity contribution in [2.24, 2.45) is 0 Å². The fourth-order valence-corrected chi connectivity index (χ4v) is 1.89. The van der Waals surface area contributed by atoms with Crippen LogP contribution in [0.3, 0.4) is 0 Å². The molecule has 0 aliphatic heterocycles. The van der Waals surface area contributed by atoms with Gasteiger partial charge < -0.3 is 5.32 Å². The number of benzene rings is 1. The fourth-order valence-electron chi connectivity index (χ4n) is 1.89. The first-order valence-corrected chi connectivity index (χ1v) is 6.59. The summed E-state index contributed by atoms with van der Waals surface area (Å²) in [6.45, 7) is 6.97. The number of hydrogen-bond donors (Lipinski definition) is 1. The molecule has 1 unspecified atom stereocenters. The minimum Gasteiger partial charge on any atom is -0.304 e. The summed E-state index contributed by atoms with van der Waals surface area (Å²) >= 11 is 0. The van der Waals surface area contributed by atoms with Crippen molar-refractivity contribution in [2.75, 3.05) is 0 Å². The summed E-state index contributed by atoms with van der Waals surface area (Å²) in [7, 11) is 0. The highest BCUT2D eigenvalue weighted by atomic mass is 19.1. The molecule has 2 aromatic rings. The van der Waals surface area contributed by atoms with E-state index in [1.54, 1.807) is 12.1 Å². The van der Waals surface area contributed by atoms with Gasteiger partial charge in [-0.25, -0.2) is 4.39 Å². The first-order valence-electron chi connectivity index (χ1n) is 6.59. The third kappa shape index (κ3) is 3.64. The highest BCUT2D eigenvalue weighted by Crippen LogP contribution is 2.13. The van der Waals surface area contributed by atoms with E-state index in [2.05, 4.69) is 31.2 Å². The summed E-state index contributed by atoms with van der Waals surface area (Å²) in [4.78, 5) is 0. The summed E-state index contributed by atoms with van der Waals surface area (Å²) < 4.78 is 14.8. The third-order valence-corrected chi connectivity index (χ3v) is 3.15. The van der Waals surface area contributed by atoms with Crippen molar-refractivity contribution < 1.29 is 4.39 Å². The predicted molar refractivity (Wildman–Crippen MR) is 74.3 cm³/mol. The van der Waals surface area contributed by atoms with Crippen LogP contribution in [0, 0.1) is 5.82 Å². The summed E-state index contributed by atoms with van der Waals surface area (Å²) in [6.07, 6.45) is 1.99. The van der Waals surface area contributed by atoms with E-state index >= 15 is 0 Å². The van der Waals surface area contributed by atoms with Crippen LogP contribution in [0.2, 0.25) is 0 Å². The molecule has 0 saturated heterocycles. The molecule has 4 heteroatoms. The molecule has 102 valence electrons. The largest absolute Gasteiger partial charge is 0.304 e. The first kappa shape index (κ1) is 13.7. The van der Waals surface area contributed by atoms with E-state index in [0.29, 0.717) is 12.6 Å². The molecular formula is C15H20FN3. The topological polar surface area (TPSA) is 29.9 Å². The molecule has 0 bridgehead atoms. The lowest BCUT2D eigenvalue weighted by Crippen LogP contribution is -2.18. The molecule has 19 heavy (non-hydrogen) atoms. The Labute approximate surface area is 113 Å². The van der Waals surface area contributed by atoms with Crippen LogP contribution in [0.25, 0.3) is 0 Å². The monoisotopic (exact) mass is 261 g/mol. The van der Waals surface area contributed by atoms with Gasteiger partial charge in [0.15, 0.2) is 0 Å². The van der Waals surface area contributed by atoms with Crippen molar-refractivity contribution >= 4 is 0 Å². The zero-order valence-electron chi connectivity index (χ0n) is 11.6. The minimum atomic E-state index is -0.202. The quantitative estimate of drug-likeness (QED) is 0.893. The Bertz CT molecular complexity index is 516. The van der Waals surface area contributed by atoms with Crippen molar-refractivity contribution in [3.63, 3.8) is 0 Å². The Morgan fingerprint density at radius 2 is 1.84 bits per heavy atom. The molecular weight excluding hydrogens is 241 g/mol. The standard InChI is InChI=1S/C15H20FN3/c1-11(2)19-9-8-15(18-19)10-17-12(3)13-4-6-14(16)7-5-13/h4-9,11-12,17H,10H2,1-3H3. The van der Waals surface area contributed by atoms with Crippen LogP contribution in [0.4, 0.5) is 4.39 Å². The second kappa shape index (κ2) is 5.97. The number of nitrogens with one attached hydrogen (secondary N) is 1. The molecule has 1 heterocycles. The minimum absolute atomic E-state index is 0.171. The van der Waals surface area contributed by atoms with Crippen LogP contribution in [-0.2, 0) is 6.54 Å². The van der Waals surface area contributed by atoms with Gasteiger partial charge in [0.05, 0.1) is 5.69 Å². The molecule has 0 aliphatic rings. The van der Waals surface area contributed by atoms with E-state index in [4.69, 9.17) is 0 Å². The summed E-state index contributed by atoms with van der Waals surface area (Å²) in [5, 5.41) is 7.87. The Balaban J connectivity index is 1.92. The van der Waals surface area contributed by atoms with Crippen LogP contribution >= 0.6 is 0 Å². The van der Waals surface area contributed by atoms with Crippen molar-refractivity contribution in [2.45, 2.75) is 39.4 Å². The van der Waals surface area contributed by atoms with E-state index < -0.39 is 0 Å². The molecule has 0 radical (unpaired) electrons. The zero-order chi connectivity index (χ0) is 13.8. The number of hydrogen-bond acceptors (Lipinski definition) is 2. The summed E-state index contributed by atoms with van der Waals surface area (Å²) in [5.41, 5.74) is 2.09. The first-order chi connectivity index (χ1) is 9.06. The number of rotatable bonds is 5. The molecule has 0 amide bonds. The molecule has 1 aromatic carbocycles. The van der Waals surface area contributed by atoms with Gasteiger partial charge in [-0.05, 0) is 44.5 Å². The lowest BCUT2D eigenvalue weighted by Gasteiger charge is -2.13. The fraction of sp³-hybridized carbons (Fsp3) is 0.400. The summed E-state index contributed by atoms with van der Waals surface area (Å²) in [5.74, 6) is -0.202. The van der Waals surface area contributed by atoms with Crippen LogP contribution in [0.15, 0.2) is 36.5 Å². The van der Waals surface area contributed by atoms with Gasteiger partial charge in [-0.15, -0.1) is 0 Å². The molecule has 1 atom stereocenters. The zero-order valence-corrected chi connectivity index (χ0v) is 11.6. The molecule has 0 aliphatic carbocycles. The molecule has 0 spiro atoms. The van der Waals surface area contributed by atoms with Gasteiger partial charge in [0.1, 0.15) is 5.82 Å². The van der Waals surface area contributed by atoms with Crippen LogP contribution in [-0.4, -0.2) is 9.78 Å². The van der Waals surface area contributed by atoms with Crippen LogP contribution in [0.1, 0.15) is 44.1 Å². The lowest BCUT2D eigenvalue weighted by molar-refractivity contribution is 0.512. The van der Waals surface area contributed by atoms with Gasteiger partial charge in [0, 0.05) is 24.8 Å². The second-order valence-corrected chi connectivity index (χ2v) is 5.03. The number of nitrogens with zero attached hydrogens (tertiary/aromatic N) is 2. The predicted octanol–water partition coefficient (Wildman–Crippen LogP) is 3.45. The van der Waals surface area contributed by atoms with Crippen molar-refractivity contribution in [1.82, 2.24) is 15.1 Å². The van der Waals surface area contributed by atoms with Crippen molar-refractivity contribution in [3.8, 4) is 0 Å². The van der Waals surface area contributed by atoms with E-state index in [-0.39, 0.29) is 11.9 Å². The van der Waals surface area contributed by atoms with E-state index in [9.17, 15) is 4.39 Å². The highest BCUT2D eigenvalue weighted by molar-refractivity contribution is 5.19. The Hall–Kier alpha value is -1.68. The third-order valence-electron chi connectivity index (χ3n) is 3.15. The van der Waals surface area contributed by atoms with E-state index in [0.717, 1.165) is 11.3 Å². The van der Waals surface area contributed by atoms with Gasteiger partial charge in [-0.2, -0.15) is 5.10 Å². The Kier molecular flexibility index (Phi) is 4.32. The van der Waals surface area contributed by atoms with Crippen molar-refractivity contribution in [1.29, 1.82) is 0 Å². The van der Waals surface area contributed by atoms with E-state index in [1.807, 2.05) is 16.9 Å². The molecule has 2 rings (SSSR count). The van der Waals surface area contributed by atoms with E-state index in [1.165, 1.54) is 12.1 Å². The smallest absolute Gasteiger partial charge is 0.123 e. The molecule has 1 aromatic heterocycles. The SMILES string of the molecule is CC(NCc1ccn(C(C)C)n1)c1ccc(F)cc1. The second-order valence-electron chi connectivity index (χ2n) is 5.03. The lowest BCUT2D eigenvalue weighted by atomic mass is 10.1. The number of aromatic nitrogens is 2. The maximum absolute atomic E-state index is 12.8. The molecule has 0 saturated carbocycles. The normalized spacial score (nSPS) is 12.9. The van der Waals surface area contributed by atoms with Gasteiger partial charge in [0.25, 0.3) is 0 Å². The maximum Gasteiger partial charge on any atom is 0.123 e. The van der Waals surface area contributed by atoms with Gasteiger partial charge in [0.2, 0.25) is 0 Å².